The maximum Gasteiger partial charge on any atom is 0.219 e. The second kappa shape index (κ2) is 12.1. The van der Waals surface area contributed by atoms with Gasteiger partial charge in [-0.25, -0.2) is 37.5 Å². The zero-order valence-electron chi connectivity index (χ0n) is 22.1. The maximum atomic E-state index is 15.9. The average molecular weight is 568 g/mol. The van der Waals surface area contributed by atoms with E-state index < -0.39 is 10.9 Å². The molecule has 2 aromatic carbocycles. The summed E-state index contributed by atoms with van der Waals surface area (Å²) in [4.78, 5) is 19.9. The highest BCUT2D eigenvalue weighted by Crippen LogP contribution is 2.38. The van der Waals surface area contributed by atoms with Crippen LogP contribution in [0.3, 0.4) is 0 Å². The van der Waals surface area contributed by atoms with Gasteiger partial charge in [0.1, 0.15) is 22.9 Å². The van der Waals surface area contributed by atoms with Crippen LogP contribution in [-0.4, -0.2) is 68.3 Å². The van der Waals surface area contributed by atoms with Gasteiger partial charge in [-0.3, -0.25) is 0 Å². The van der Waals surface area contributed by atoms with Crippen LogP contribution in [0.1, 0.15) is 12.5 Å². The Labute approximate surface area is 232 Å². The molecule has 0 saturated carbocycles. The molecule has 5 rings (SSSR count). The lowest BCUT2D eigenvalue weighted by atomic mass is 9.95. The summed E-state index contributed by atoms with van der Waals surface area (Å²) in [6.07, 6.45) is 3.51. The average Bonchev–Trinajstić information content (AvgIpc) is 2.97. The van der Waals surface area contributed by atoms with Gasteiger partial charge < -0.3 is 20.1 Å². The fourth-order valence-electron chi connectivity index (χ4n) is 4.73. The molecule has 1 aliphatic rings. The molecular formula is C27H30FN7O4S. The lowest BCUT2D eigenvalue weighted by Crippen LogP contribution is -2.37. The van der Waals surface area contributed by atoms with Gasteiger partial charge in [0.25, 0.3) is 0 Å². The van der Waals surface area contributed by atoms with Crippen LogP contribution in [0, 0.1) is 11.7 Å². The van der Waals surface area contributed by atoms with Gasteiger partial charge in [0.05, 0.1) is 25.9 Å². The smallest absolute Gasteiger partial charge is 0.219 e. The standard InChI is InChI=1S/C27H30FN7O4S/c1-16(13-32-40(36)37)10-17-4-3-5-20(23(17)28)18-11-21-24(22(12-18)38-2)33-25(19-14-30-27(29)31-15-19)34-26(21)35-6-8-39-9-7-35/h3-5,11-12,14-16,40H,6-10,13H2,1-2H3,(H2,29,30,31)(H,32,36,37). The summed E-state index contributed by atoms with van der Waals surface area (Å²) >= 11 is 0. The minimum atomic E-state index is -2.70. The quantitative estimate of drug-likeness (QED) is 0.258. The van der Waals surface area contributed by atoms with E-state index in [2.05, 4.69) is 19.6 Å². The number of morpholine rings is 1. The Morgan fingerprint density at radius 2 is 1.90 bits per heavy atom. The van der Waals surface area contributed by atoms with E-state index in [1.807, 2.05) is 13.0 Å². The Morgan fingerprint density at radius 1 is 1.15 bits per heavy atom. The first-order valence-corrected chi connectivity index (χ1v) is 14.0. The van der Waals surface area contributed by atoms with Crippen molar-refractivity contribution in [1.29, 1.82) is 0 Å². The first-order valence-electron chi connectivity index (χ1n) is 12.8. The Kier molecular flexibility index (Phi) is 8.33. The van der Waals surface area contributed by atoms with Gasteiger partial charge in [-0.1, -0.05) is 25.1 Å². The number of halogens is 1. The number of rotatable bonds is 9. The van der Waals surface area contributed by atoms with Gasteiger partial charge >= 0.3 is 0 Å². The molecule has 3 heterocycles. The molecule has 1 fully saturated rings. The number of hydrogen-bond acceptors (Lipinski definition) is 10. The maximum absolute atomic E-state index is 15.9. The third-order valence-electron chi connectivity index (χ3n) is 6.73. The topological polar surface area (TPSA) is 145 Å². The molecule has 1 saturated heterocycles. The van der Waals surface area contributed by atoms with Crippen LogP contribution in [0.2, 0.25) is 0 Å². The predicted molar refractivity (Wildman–Crippen MR) is 151 cm³/mol. The lowest BCUT2D eigenvalue weighted by Gasteiger charge is -2.29. The number of methoxy groups -OCH3 is 1. The van der Waals surface area contributed by atoms with Crippen molar-refractivity contribution in [3.8, 4) is 28.3 Å². The molecule has 1 aliphatic heterocycles. The summed E-state index contributed by atoms with van der Waals surface area (Å²) in [5.41, 5.74) is 8.34. The first-order chi connectivity index (χ1) is 19.3. The highest BCUT2D eigenvalue weighted by Gasteiger charge is 2.22. The van der Waals surface area contributed by atoms with Crippen molar-refractivity contribution in [1.82, 2.24) is 24.7 Å². The number of benzene rings is 2. The molecule has 0 aliphatic carbocycles. The van der Waals surface area contributed by atoms with Gasteiger partial charge in [0, 0.05) is 43.0 Å². The SMILES string of the molecule is COc1cc(-c2cccc(CC(C)CN[SH](=O)=O)c2F)cc2c(N3CCOCC3)nc(-c3cnc(N)nc3)nc12. The fourth-order valence-corrected chi connectivity index (χ4v) is 5.19. The van der Waals surface area contributed by atoms with E-state index in [4.69, 9.17) is 25.2 Å². The molecule has 210 valence electrons. The van der Waals surface area contributed by atoms with Crippen LogP contribution in [0.4, 0.5) is 16.2 Å². The summed E-state index contributed by atoms with van der Waals surface area (Å²) in [6.45, 7) is 4.45. The van der Waals surface area contributed by atoms with E-state index in [1.165, 1.54) is 0 Å². The van der Waals surface area contributed by atoms with Crippen LogP contribution in [0.15, 0.2) is 42.7 Å². The van der Waals surface area contributed by atoms with Crippen molar-refractivity contribution < 1.29 is 22.3 Å². The first kappa shape index (κ1) is 27.6. The van der Waals surface area contributed by atoms with Crippen molar-refractivity contribution in [2.75, 3.05) is 50.6 Å². The molecular weight excluding hydrogens is 537 g/mol. The van der Waals surface area contributed by atoms with Gasteiger partial charge in [-0.2, -0.15) is 0 Å². The summed E-state index contributed by atoms with van der Waals surface area (Å²) < 4.78 is 51.4. The van der Waals surface area contributed by atoms with E-state index in [9.17, 15) is 8.42 Å². The van der Waals surface area contributed by atoms with E-state index >= 15 is 4.39 Å². The molecule has 0 radical (unpaired) electrons. The van der Waals surface area contributed by atoms with Crippen LogP contribution < -0.4 is 20.1 Å². The molecule has 11 nitrogen and oxygen atoms in total. The van der Waals surface area contributed by atoms with Crippen molar-refractivity contribution in [3.63, 3.8) is 0 Å². The molecule has 1 unspecified atom stereocenters. The molecule has 1 atom stereocenters. The van der Waals surface area contributed by atoms with Crippen molar-refractivity contribution in [2.45, 2.75) is 13.3 Å². The number of aromatic nitrogens is 4. The largest absolute Gasteiger partial charge is 0.494 e. The molecule has 40 heavy (non-hydrogen) atoms. The Bertz CT molecular complexity index is 1590. The van der Waals surface area contributed by atoms with E-state index in [0.717, 1.165) is 0 Å². The number of fused-ring (bicyclic) bond motifs is 1. The zero-order valence-corrected chi connectivity index (χ0v) is 23.0. The summed E-state index contributed by atoms with van der Waals surface area (Å²) in [6, 6.07) is 8.86. The van der Waals surface area contributed by atoms with Gasteiger partial charge in [-0.15, -0.1) is 0 Å². The van der Waals surface area contributed by atoms with Crippen molar-refractivity contribution in [2.24, 2.45) is 5.92 Å². The predicted octanol–water partition coefficient (Wildman–Crippen LogP) is 2.61. The van der Waals surface area contributed by atoms with Crippen LogP contribution in [-0.2, 0) is 22.0 Å². The molecule has 4 aromatic rings. The fraction of sp³-hybridized carbons (Fsp3) is 0.333. The molecule has 0 amide bonds. The number of nitrogens with zero attached hydrogens (tertiary/aromatic N) is 5. The molecule has 3 N–H and O–H groups in total. The van der Waals surface area contributed by atoms with Gasteiger partial charge in [0.2, 0.25) is 16.8 Å². The monoisotopic (exact) mass is 567 g/mol. The minimum absolute atomic E-state index is 0.0964. The number of nitrogens with two attached hydrogens (primary N) is 1. The molecule has 0 spiro atoms. The van der Waals surface area contributed by atoms with Crippen molar-refractivity contribution >= 4 is 33.6 Å². The van der Waals surface area contributed by atoms with E-state index in [-0.39, 0.29) is 24.2 Å². The zero-order chi connectivity index (χ0) is 28.2. The molecule has 2 aromatic heterocycles. The molecule has 0 bridgehead atoms. The summed E-state index contributed by atoms with van der Waals surface area (Å²) in [5.74, 6) is 1.23. The van der Waals surface area contributed by atoms with E-state index in [0.29, 0.717) is 83.3 Å². The number of ether oxygens (including phenoxy) is 2. The van der Waals surface area contributed by atoms with Crippen LogP contribution in [0.5, 0.6) is 5.75 Å². The minimum Gasteiger partial charge on any atom is -0.494 e. The molecule has 13 heteroatoms. The summed E-state index contributed by atoms with van der Waals surface area (Å²) in [7, 11) is -1.16. The lowest BCUT2D eigenvalue weighted by molar-refractivity contribution is 0.122. The third kappa shape index (κ3) is 5.96. The number of anilines is 2. The summed E-state index contributed by atoms with van der Waals surface area (Å²) in [5, 5.41) is 0.706. The Hall–Kier alpha value is -3.94. The van der Waals surface area contributed by atoms with E-state index in [1.54, 1.807) is 43.8 Å². The van der Waals surface area contributed by atoms with Crippen LogP contribution in [0.25, 0.3) is 33.4 Å². The number of nitrogen functional groups attached to an aromatic ring is 1. The number of thiol groups is 1. The number of hydrogen-bond donors (Lipinski definition) is 3. The second-order valence-electron chi connectivity index (χ2n) is 9.58. The van der Waals surface area contributed by atoms with Gasteiger partial charge in [-0.05, 0) is 35.6 Å². The number of nitrogens with one attached hydrogen (secondary N) is 1. The Balaban J connectivity index is 1.63. The van der Waals surface area contributed by atoms with Crippen molar-refractivity contribution in [3.05, 3.63) is 54.1 Å². The third-order valence-corrected chi connectivity index (χ3v) is 7.17. The second-order valence-corrected chi connectivity index (χ2v) is 10.4. The Morgan fingerprint density at radius 3 is 2.60 bits per heavy atom. The highest BCUT2D eigenvalue weighted by atomic mass is 32.2. The van der Waals surface area contributed by atoms with Crippen LogP contribution >= 0.6 is 0 Å². The highest BCUT2D eigenvalue weighted by molar-refractivity contribution is 7.70. The normalized spacial score (nSPS) is 14.6. The van der Waals surface area contributed by atoms with Gasteiger partial charge in [0.15, 0.2) is 5.82 Å².